The standard InChI is InChI=1S/C15H13FN2O5S/c1-23-12-6-5-9(14(17)19)8-13(12)24(21,22)18-15(20)10-3-2-4-11(16)7-10/h2-8H,1H3,(H2,17,19)(H,18,20). The Morgan fingerprint density at radius 3 is 2.42 bits per heavy atom. The molecule has 2 aromatic carbocycles. The normalized spacial score (nSPS) is 10.9. The van der Waals surface area contributed by atoms with E-state index in [9.17, 15) is 22.4 Å². The van der Waals surface area contributed by atoms with Crippen molar-refractivity contribution in [3.63, 3.8) is 0 Å². The number of amides is 2. The summed E-state index contributed by atoms with van der Waals surface area (Å²) in [5.41, 5.74) is 4.87. The van der Waals surface area contributed by atoms with Crippen molar-refractivity contribution in [2.24, 2.45) is 5.73 Å². The second-order valence-electron chi connectivity index (χ2n) is 4.67. The van der Waals surface area contributed by atoms with Crippen LogP contribution in [0.5, 0.6) is 5.75 Å². The topological polar surface area (TPSA) is 116 Å². The van der Waals surface area contributed by atoms with Gasteiger partial charge in [-0.2, -0.15) is 0 Å². The number of primary amides is 1. The van der Waals surface area contributed by atoms with Crippen molar-refractivity contribution < 1.29 is 27.1 Å². The summed E-state index contributed by atoms with van der Waals surface area (Å²) in [6.45, 7) is 0. The highest BCUT2D eigenvalue weighted by Gasteiger charge is 2.24. The summed E-state index contributed by atoms with van der Waals surface area (Å²) in [6, 6.07) is 8.04. The molecule has 3 N–H and O–H groups in total. The van der Waals surface area contributed by atoms with E-state index in [-0.39, 0.29) is 16.9 Å². The van der Waals surface area contributed by atoms with Gasteiger partial charge in [-0.1, -0.05) is 6.07 Å². The van der Waals surface area contributed by atoms with Crippen LogP contribution >= 0.6 is 0 Å². The van der Waals surface area contributed by atoms with Gasteiger partial charge in [-0.3, -0.25) is 9.59 Å². The number of benzene rings is 2. The lowest BCUT2D eigenvalue weighted by Crippen LogP contribution is -2.31. The number of carbonyl (C=O) groups is 2. The van der Waals surface area contributed by atoms with Gasteiger partial charge < -0.3 is 10.5 Å². The van der Waals surface area contributed by atoms with Gasteiger partial charge in [-0.25, -0.2) is 17.5 Å². The van der Waals surface area contributed by atoms with Crippen molar-refractivity contribution in [2.75, 3.05) is 7.11 Å². The number of sulfonamides is 1. The van der Waals surface area contributed by atoms with Gasteiger partial charge in [0.05, 0.1) is 7.11 Å². The van der Waals surface area contributed by atoms with Crippen molar-refractivity contribution in [1.29, 1.82) is 0 Å². The van der Waals surface area contributed by atoms with Crippen molar-refractivity contribution in [3.05, 3.63) is 59.4 Å². The van der Waals surface area contributed by atoms with Crippen LogP contribution in [0.1, 0.15) is 20.7 Å². The molecule has 0 aliphatic carbocycles. The first-order valence-corrected chi connectivity index (χ1v) is 8.03. The molecule has 24 heavy (non-hydrogen) atoms. The Morgan fingerprint density at radius 1 is 1.12 bits per heavy atom. The summed E-state index contributed by atoms with van der Waals surface area (Å²) >= 11 is 0. The van der Waals surface area contributed by atoms with Crippen LogP contribution in [0.15, 0.2) is 47.4 Å². The second kappa shape index (κ2) is 6.67. The molecule has 0 unspecified atom stereocenters. The van der Waals surface area contributed by atoms with E-state index in [1.807, 2.05) is 0 Å². The molecule has 0 bridgehead atoms. The molecule has 0 aromatic heterocycles. The number of rotatable bonds is 5. The Balaban J connectivity index is 2.41. The summed E-state index contributed by atoms with van der Waals surface area (Å²) in [4.78, 5) is 22.8. The number of halogens is 1. The van der Waals surface area contributed by atoms with Crippen molar-refractivity contribution in [1.82, 2.24) is 4.72 Å². The summed E-state index contributed by atoms with van der Waals surface area (Å²) in [7, 11) is -3.15. The highest BCUT2D eigenvalue weighted by molar-refractivity contribution is 7.90. The van der Waals surface area contributed by atoms with E-state index in [4.69, 9.17) is 10.5 Å². The molecule has 0 aliphatic rings. The molecule has 9 heteroatoms. The molecular weight excluding hydrogens is 339 g/mol. The van der Waals surface area contributed by atoms with Crippen LogP contribution in [0.2, 0.25) is 0 Å². The van der Waals surface area contributed by atoms with E-state index < -0.39 is 32.6 Å². The zero-order valence-corrected chi connectivity index (χ0v) is 13.3. The molecule has 2 aromatic rings. The lowest BCUT2D eigenvalue weighted by Gasteiger charge is -2.11. The zero-order valence-electron chi connectivity index (χ0n) is 12.4. The van der Waals surface area contributed by atoms with Gasteiger partial charge in [0.2, 0.25) is 5.91 Å². The molecule has 0 aliphatic heterocycles. The molecular formula is C15H13FN2O5S. The van der Waals surface area contributed by atoms with Gasteiger partial charge in [-0.05, 0) is 36.4 Å². The van der Waals surface area contributed by atoms with Crippen LogP contribution in [0.3, 0.4) is 0 Å². The average molecular weight is 352 g/mol. The minimum Gasteiger partial charge on any atom is -0.495 e. The first-order chi connectivity index (χ1) is 11.2. The molecule has 2 rings (SSSR count). The third-order valence-electron chi connectivity index (χ3n) is 3.05. The average Bonchev–Trinajstić information content (AvgIpc) is 2.53. The maximum atomic E-state index is 13.1. The third-order valence-corrected chi connectivity index (χ3v) is 4.40. The Bertz CT molecular complexity index is 912. The number of nitrogens with one attached hydrogen (secondary N) is 1. The molecule has 0 saturated heterocycles. The van der Waals surface area contributed by atoms with E-state index in [1.165, 1.54) is 31.4 Å². The molecule has 0 radical (unpaired) electrons. The molecule has 7 nitrogen and oxygen atoms in total. The van der Waals surface area contributed by atoms with Crippen LogP contribution in [-0.2, 0) is 10.0 Å². The summed E-state index contributed by atoms with van der Waals surface area (Å²) in [5.74, 6) is -2.64. The SMILES string of the molecule is COc1ccc(C(N)=O)cc1S(=O)(=O)NC(=O)c1cccc(F)c1. The number of hydrogen-bond acceptors (Lipinski definition) is 5. The van der Waals surface area contributed by atoms with E-state index in [1.54, 1.807) is 4.72 Å². The minimum atomic E-state index is -4.37. The van der Waals surface area contributed by atoms with Gasteiger partial charge in [-0.15, -0.1) is 0 Å². The number of methoxy groups -OCH3 is 1. The van der Waals surface area contributed by atoms with Crippen LogP contribution in [0.4, 0.5) is 4.39 Å². The van der Waals surface area contributed by atoms with E-state index in [0.29, 0.717) is 0 Å². The first-order valence-electron chi connectivity index (χ1n) is 6.55. The van der Waals surface area contributed by atoms with Gasteiger partial charge in [0.25, 0.3) is 15.9 Å². The van der Waals surface area contributed by atoms with Gasteiger partial charge >= 0.3 is 0 Å². The monoisotopic (exact) mass is 352 g/mol. The Kier molecular flexibility index (Phi) is 4.84. The highest BCUT2D eigenvalue weighted by Crippen LogP contribution is 2.25. The molecule has 2 amide bonds. The van der Waals surface area contributed by atoms with Gasteiger partial charge in [0.15, 0.2) is 0 Å². The predicted molar refractivity (Wildman–Crippen MR) is 82.6 cm³/mol. The molecule has 0 fully saturated rings. The molecule has 126 valence electrons. The fourth-order valence-corrected chi connectivity index (χ4v) is 3.08. The van der Waals surface area contributed by atoms with Crippen LogP contribution in [0.25, 0.3) is 0 Å². The minimum absolute atomic E-state index is 0.0746. The third kappa shape index (κ3) is 3.69. The van der Waals surface area contributed by atoms with Crippen molar-refractivity contribution in [2.45, 2.75) is 4.90 Å². The summed E-state index contributed by atoms with van der Waals surface area (Å²) in [5, 5.41) is 0. The second-order valence-corrected chi connectivity index (χ2v) is 6.33. The number of nitrogens with two attached hydrogens (primary N) is 1. The summed E-state index contributed by atoms with van der Waals surface area (Å²) in [6.07, 6.45) is 0. The summed E-state index contributed by atoms with van der Waals surface area (Å²) < 4.78 is 44.7. The van der Waals surface area contributed by atoms with Crippen molar-refractivity contribution >= 4 is 21.8 Å². The molecule has 0 heterocycles. The molecule has 0 atom stereocenters. The lowest BCUT2D eigenvalue weighted by atomic mass is 10.2. The van der Waals surface area contributed by atoms with E-state index >= 15 is 0 Å². The van der Waals surface area contributed by atoms with Gasteiger partial charge in [0, 0.05) is 11.1 Å². The van der Waals surface area contributed by atoms with Crippen molar-refractivity contribution in [3.8, 4) is 5.75 Å². The Morgan fingerprint density at radius 2 is 1.83 bits per heavy atom. The number of carbonyl (C=O) groups excluding carboxylic acids is 2. The lowest BCUT2D eigenvalue weighted by molar-refractivity contribution is 0.0978. The quantitative estimate of drug-likeness (QED) is 0.834. The Hall–Kier alpha value is -2.94. The highest BCUT2D eigenvalue weighted by atomic mass is 32.2. The maximum absolute atomic E-state index is 13.1. The Labute approximate surface area is 137 Å². The zero-order chi connectivity index (χ0) is 17.9. The van der Waals surface area contributed by atoms with E-state index in [0.717, 1.165) is 18.2 Å². The maximum Gasteiger partial charge on any atom is 0.268 e. The number of ether oxygens (including phenoxy) is 1. The van der Waals surface area contributed by atoms with Crippen LogP contribution < -0.4 is 15.2 Å². The van der Waals surface area contributed by atoms with Gasteiger partial charge in [0.1, 0.15) is 16.5 Å². The van der Waals surface area contributed by atoms with Crippen LogP contribution in [-0.4, -0.2) is 27.3 Å². The fraction of sp³-hybridized carbons (Fsp3) is 0.0667. The first kappa shape index (κ1) is 17.4. The van der Waals surface area contributed by atoms with E-state index in [2.05, 4.69) is 0 Å². The number of hydrogen-bond donors (Lipinski definition) is 2. The van der Waals surface area contributed by atoms with Crippen LogP contribution in [0, 0.1) is 5.82 Å². The largest absolute Gasteiger partial charge is 0.495 e. The smallest absolute Gasteiger partial charge is 0.268 e. The predicted octanol–water partition coefficient (Wildman–Crippen LogP) is 1.05. The molecule has 0 spiro atoms. The fourth-order valence-electron chi connectivity index (χ4n) is 1.91. The molecule has 0 saturated carbocycles.